The summed E-state index contributed by atoms with van der Waals surface area (Å²) in [5.41, 5.74) is 1.26. The molecular formula is C18H15NO3S2. The van der Waals surface area contributed by atoms with Crippen molar-refractivity contribution in [2.24, 2.45) is 0 Å². The van der Waals surface area contributed by atoms with E-state index in [2.05, 4.69) is 4.98 Å². The fraction of sp³-hybridized carbons (Fsp3) is 0.111. The molecule has 1 aromatic carbocycles. The number of allylic oxidation sites excluding steroid dienone is 1. The summed E-state index contributed by atoms with van der Waals surface area (Å²) in [6.45, 7) is 0. The predicted molar refractivity (Wildman–Crippen MR) is 98.3 cm³/mol. The Morgan fingerprint density at radius 1 is 1.17 bits per heavy atom. The van der Waals surface area contributed by atoms with Crippen molar-refractivity contribution in [2.45, 2.75) is 0 Å². The second kappa shape index (κ2) is 7.42. The molecule has 2 heterocycles. The fourth-order valence-corrected chi connectivity index (χ4v) is 3.73. The normalized spacial score (nSPS) is 10.9. The van der Waals surface area contributed by atoms with Crippen LogP contribution in [0.3, 0.4) is 0 Å². The summed E-state index contributed by atoms with van der Waals surface area (Å²) in [4.78, 5) is 18.1. The maximum atomic E-state index is 12.4. The van der Waals surface area contributed by atoms with Gasteiger partial charge in [-0.05, 0) is 35.7 Å². The lowest BCUT2D eigenvalue weighted by Gasteiger charge is -2.07. The van der Waals surface area contributed by atoms with Gasteiger partial charge in [-0.15, -0.1) is 22.7 Å². The van der Waals surface area contributed by atoms with Gasteiger partial charge in [0, 0.05) is 11.4 Å². The first kappa shape index (κ1) is 16.4. The number of thiophene rings is 1. The largest absolute Gasteiger partial charge is 0.497 e. The quantitative estimate of drug-likeness (QED) is 0.470. The van der Waals surface area contributed by atoms with Crippen LogP contribution in [0.2, 0.25) is 0 Å². The van der Waals surface area contributed by atoms with E-state index in [1.807, 2.05) is 22.9 Å². The Labute approximate surface area is 148 Å². The lowest BCUT2D eigenvalue weighted by Crippen LogP contribution is -1.99. The first-order chi connectivity index (χ1) is 11.7. The number of nitrogens with zero attached hydrogens (tertiary/aromatic N) is 1. The number of ketones is 1. The minimum absolute atomic E-state index is 0.139. The second-order valence-electron chi connectivity index (χ2n) is 4.82. The van der Waals surface area contributed by atoms with Gasteiger partial charge >= 0.3 is 0 Å². The number of hydrogen-bond acceptors (Lipinski definition) is 6. The minimum atomic E-state index is -0.139. The van der Waals surface area contributed by atoms with E-state index in [4.69, 9.17) is 9.47 Å². The first-order valence-electron chi connectivity index (χ1n) is 7.15. The molecule has 0 atom stereocenters. The van der Waals surface area contributed by atoms with Crippen LogP contribution in [0.5, 0.6) is 11.5 Å². The van der Waals surface area contributed by atoms with Gasteiger partial charge in [0.15, 0.2) is 5.78 Å². The molecule has 0 bridgehead atoms. The van der Waals surface area contributed by atoms with E-state index in [0.717, 1.165) is 15.6 Å². The number of methoxy groups -OCH3 is 2. The highest BCUT2D eigenvalue weighted by atomic mass is 32.1. The molecule has 0 spiro atoms. The van der Waals surface area contributed by atoms with Crippen molar-refractivity contribution >= 4 is 34.5 Å². The van der Waals surface area contributed by atoms with Gasteiger partial charge in [-0.25, -0.2) is 4.98 Å². The Balaban J connectivity index is 1.78. The lowest BCUT2D eigenvalue weighted by atomic mass is 10.1. The topological polar surface area (TPSA) is 48.4 Å². The van der Waals surface area contributed by atoms with E-state index in [0.29, 0.717) is 17.1 Å². The third-order valence-electron chi connectivity index (χ3n) is 3.33. The van der Waals surface area contributed by atoms with Crippen molar-refractivity contribution in [3.05, 3.63) is 58.4 Å². The highest BCUT2D eigenvalue weighted by molar-refractivity contribution is 7.20. The van der Waals surface area contributed by atoms with Crippen molar-refractivity contribution < 1.29 is 14.3 Å². The summed E-state index contributed by atoms with van der Waals surface area (Å²) < 4.78 is 10.4. The average Bonchev–Trinajstić information content (AvgIpc) is 3.30. The third-order valence-corrected chi connectivity index (χ3v) is 5.23. The Bertz CT molecular complexity index is 866. The van der Waals surface area contributed by atoms with Crippen LogP contribution in [-0.4, -0.2) is 25.0 Å². The summed E-state index contributed by atoms with van der Waals surface area (Å²) in [5, 5.41) is 4.91. The second-order valence-corrected chi connectivity index (χ2v) is 6.62. The van der Waals surface area contributed by atoms with Crippen LogP contribution < -0.4 is 9.47 Å². The van der Waals surface area contributed by atoms with E-state index >= 15 is 0 Å². The van der Waals surface area contributed by atoms with Crippen molar-refractivity contribution in [1.29, 1.82) is 0 Å². The number of rotatable bonds is 6. The molecule has 0 aliphatic rings. The number of hydrogen-bond donors (Lipinski definition) is 0. The third kappa shape index (κ3) is 3.55. The molecule has 4 nitrogen and oxygen atoms in total. The molecule has 0 N–H and O–H groups in total. The minimum Gasteiger partial charge on any atom is -0.497 e. The molecule has 0 aliphatic carbocycles. The Morgan fingerprint density at radius 2 is 2.04 bits per heavy atom. The standard InChI is InChI=1S/C18H15NO3S2/c1-21-13-6-7-14(16(10-13)22-2)15(20)8-5-12-11-24-18(19-12)17-4-3-9-23-17/h3-11H,1-2H3. The van der Waals surface area contributed by atoms with Gasteiger partial charge in [0.25, 0.3) is 0 Å². The zero-order valence-electron chi connectivity index (χ0n) is 13.2. The SMILES string of the molecule is COc1ccc(C(=O)C=Cc2csc(-c3cccs3)n2)c(OC)c1. The van der Waals surface area contributed by atoms with Crippen LogP contribution in [-0.2, 0) is 0 Å². The molecule has 3 rings (SSSR count). The summed E-state index contributed by atoms with van der Waals surface area (Å²) in [7, 11) is 3.10. The molecule has 0 fully saturated rings. The summed E-state index contributed by atoms with van der Waals surface area (Å²) >= 11 is 3.21. The molecule has 0 unspecified atom stereocenters. The van der Waals surface area contributed by atoms with Gasteiger partial charge in [0.1, 0.15) is 16.5 Å². The predicted octanol–water partition coefficient (Wildman–Crippen LogP) is 4.78. The van der Waals surface area contributed by atoms with E-state index in [1.165, 1.54) is 13.2 Å². The molecule has 0 aliphatic heterocycles. The molecular weight excluding hydrogens is 342 g/mol. The summed E-state index contributed by atoms with van der Waals surface area (Å²) in [6, 6.07) is 9.16. The van der Waals surface area contributed by atoms with Crippen molar-refractivity contribution in [3.8, 4) is 21.4 Å². The molecule has 122 valence electrons. The Hall–Kier alpha value is -2.44. The average molecular weight is 357 g/mol. The molecule has 3 aromatic rings. The zero-order valence-corrected chi connectivity index (χ0v) is 14.8. The lowest BCUT2D eigenvalue weighted by molar-refractivity contribution is 0.104. The molecule has 0 saturated carbocycles. The Kier molecular flexibility index (Phi) is 5.08. The van der Waals surface area contributed by atoms with E-state index in [1.54, 1.807) is 54.1 Å². The van der Waals surface area contributed by atoms with Crippen LogP contribution in [0.4, 0.5) is 0 Å². The molecule has 0 radical (unpaired) electrons. The smallest absolute Gasteiger partial charge is 0.189 e. The number of benzene rings is 1. The highest BCUT2D eigenvalue weighted by Gasteiger charge is 2.11. The summed E-state index contributed by atoms with van der Waals surface area (Å²) in [6.07, 6.45) is 3.23. The Morgan fingerprint density at radius 3 is 2.75 bits per heavy atom. The van der Waals surface area contributed by atoms with Crippen LogP contribution in [0.25, 0.3) is 16.0 Å². The van der Waals surface area contributed by atoms with Crippen molar-refractivity contribution in [3.63, 3.8) is 0 Å². The molecule has 24 heavy (non-hydrogen) atoms. The molecule has 2 aromatic heterocycles. The van der Waals surface area contributed by atoms with Gasteiger partial charge in [0.05, 0.1) is 30.4 Å². The summed E-state index contributed by atoms with van der Waals surface area (Å²) in [5.74, 6) is 0.995. The monoisotopic (exact) mass is 357 g/mol. The van der Waals surface area contributed by atoms with E-state index < -0.39 is 0 Å². The van der Waals surface area contributed by atoms with Crippen molar-refractivity contribution in [1.82, 2.24) is 4.98 Å². The van der Waals surface area contributed by atoms with Crippen LogP contribution in [0, 0.1) is 0 Å². The van der Waals surface area contributed by atoms with Crippen LogP contribution in [0.1, 0.15) is 16.1 Å². The molecule has 0 saturated heterocycles. The van der Waals surface area contributed by atoms with E-state index in [-0.39, 0.29) is 5.78 Å². The molecule has 0 amide bonds. The van der Waals surface area contributed by atoms with E-state index in [9.17, 15) is 4.79 Å². The maximum Gasteiger partial charge on any atom is 0.189 e. The van der Waals surface area contributed by atoms with Crippen molar-refractivity contribution in [2.75, 3.05) is 14.2 Å². The number of thiazole rings is 1. The zero-order chi connectivity index (χ0) is 16.9. The van der Waals surface area contributed by atoms with Gasteiger partial charge < -0.3 is 9.47 Å². The fourth-order valence-electron chi connectivity index (χ4n) is 2.13. The maximum absolute atomic E-state index is 12.4. The van der Waals surface area contributed by atoms with Gasteiger partial charge in [-0.3, -0.25) is 4.79 Å². The molecule has 6 heteroatoms. The number of aromatic nitrogens is 1. The van der Waals surface area contributed by atoms with Crippen LogP contribution in [0.15, 0.2) is 47.2 Å². The number of carbonyl (C=O) groups is 1. The highest BCUT2D eigenvalue weighted by Crippen LogP contribution is 2.28. The van der Waals surface area contributed by atoms with Crippen LogP contribution >= 0.6 is 22.7 Å². The van der Waals surface area contributed by atoms with Gasteiger partial charge in [-0.1, -0.05) is 6.07 Å². The first-order valence-corrected chi connectivity index (χ1v) is 8.91. The van der Waals surface area contributed by atoms with Gasteiger partial charge in [0.2, 0.25) is 0 Å². The number of carbonyl (C=O) groups excluding carboxylic acids is 1. The number of ether oxygens (including phenoxy) is 2. The van der Waals surface area contributed by atoms with Gasteiger partial charge in [-0.2, -0.15) is 0 Å².